The van der Waals surface area contributed by atoms with Crippen molar-refractivity contribution in [2.24, 2.45) is 17.8 Å². The van der Waals surface area contributed by atoms with Crippen molar-refractivity contribution < 1.29 is 38.2 Å². The standard InChI is InChI=1S/C32H49N3O8/c1-9-21(4)27(35-31(41)42-19-23-13-11-10-12-14-23)30(40)34-25(15-16-26(37)43-32(6,7)8)29(39)33-22(5)28(38)24(18-36)17-20(2)3/h10-14,18,20-22,24-25,27H,9,15-17,19H2,1-8H3,(H,33,39)(H,34,40)(H,35,41)/t21-,22-,24-,25-,27-/m0/s1. The van der Waals surface area contributed by atoms with Crippen LogP contribution in [0.5, 0.6) is 0 Å². The van der Waals surface area contributed by atoms with Crippen molar-refractivity contribution >= 4 is 35.9 Å². The summed E-state index contributed by atoms with van der Waals surface area (Å²) in [6.45, 7) is 14.0. The zero-order chi connectivity index (χ0) is 32.7. The van der Waals surface area contributed by atoms with Crippen LogP contribution in [0.4, 0.5) is 4.79 Å². The molecule has 0 unspecified atom stereocenters. The van der Waals surface area contributed by atoms with Gasteiger partial charge < -0.3 is 30.2 Å². The molecule has 240 valence electrons. The Balaban J connectivity index is 3.07. The normalized spacial score (nSPS) is 14.8. The van der Waals surface area contributed by atoms with Gasteiger partial charge in [0, 0.05) is 6.42 Å². The summed E-state index contributed by atoms with van der Waals surface area (Å²) >= 11 is 0. The molecule has 1 aromatic rings. The third kappa shape index (κ3) is 14.3. The Bertz CT molecular complexity index is 1080. The molecule has 11 nitrogen and oxygen atoms in total. The molecular formula is C32H49N3O8. The van der Waals surface area contributed by atoms with E-state index in [9.17, 15) is 28.8 Å². The molecule has 0 aliphatic rings. The molecule has 0 aliphatic carbocycles. The third-order valence-corrected chi connectivity index (χ3v) is 6.71. The number of hydrogen-bond donors (Lipinski definition) is 3. The lowest BCUT2D eigenvalue weighted by atomic mass is 9.91. The van der Waals surface area contributed by atoms with Gasteiger partial charge in [-0.25, -0.2) is 4.79 Å². The number of carbonyl (C=O) groups is 6. The van der Waals surface area contributed by atoms with Gasteiger partial charge in [-0.3, -0.25) is 19.2 Å². The van der Waals surface area contributed by atoms with Crippen LogP contribution in [0.2, 0.25) is 0 Å². The highest BCUT2D eigenvalue weighted by atomic mass is 16.6. The van der Waals surface area contributed by atoms with Crippen LogP contribution >= 0.6 is 0 Å². The largest absolute Gasteiger partial charge is 0.460 e. The van der Waals surface area contributed by atoms with Crippen molar-refractivity contribution in [3.05, 3.63) is 35.9 Å². The number of rotatable bonds is 17. The number of Topliss-reactive ketones (excluding diaryl/α,β-unsaturated/α-hetero) is 1. The monoisotopic (exact) mass is 603 g/mol. The fraction of sp³-hybridized carbons (Fsp3) is 0.625. The van der Waals surface area contributed by atoms with Gasteiger partial charge in [-0.05, 0) is 57.9 Å². The van der Waals surface area contributed by atoms with Gasteiger partial charge in [0.15, 0.2) is 5.78 Å². The first-order chi connectivity index (χ1) is 20.1. The van der Waals surface area contributed by atoms with Gasteiger partial charge in [0.1, 0.15) is 30.6 Å². The Morgan fingerprint density at radius 3 is 2.07 bits per heavy atom. The SMILES string of the molecule is CC[C@H](C)[C@H](NC(=O)OCc1ccccc1)C(=O)N[C@@H](CCC(=O)OC(C)(C)C)C(=O)N[C@@H](C)C(=O)[C@H](C=O)CC(C)C. The van der Waals surface area contributed by atoms with Gasteiger partial charge in [0.2, 0.25) is 11.8 Å². The van der Waals surface area contributed by atoms with Crippen LogP contribution in [-0.4, -0.2) is 59.7 Å². The molecule has 0 aromatic heterocycles. The summed E-state index contributed by atoms with van der Waals surface area (Å²) in [5, 5.41) is 7.81. The minimum atomic E-state index is -1.23. The molecule has 11 heteroatoms. The zero-order valence-electron chi connectivity index (χ0n) is 26.7. The minimum Gasteiger partial charge on any atom is -0.460 e. The second-order valence-electron chi connectivity index (χ2n) is 12.3. The van der Waals surface area contributed by atoms with Crippen LogP contribution in [0.15, 0.2) is 30.3 Å². The molecule has 1 rings (SSSR count). The molecule has 0 saturated carbocycles. The summed E-state index contributed by atoms with van der Waals surface area (Å²) in [5.74, 6) is -3.50. The average molecular weight is 604 g/mol. The number of amides is 3. The van der Waals surface area contributed by atoms with E-state index in [1.807, 2.05) is 39.0 Å². The van der Waals surface area contributed by atoms with E-state index in [-0.39, 0.29) is 31.3 Å². The molecular weight excluding hydrogens is 554 g/mol. The lowest BCUT2D eigenvalue weighted by Gasteiger charge is -2.27. The Kier molecular flexibility index (Phi) is 15.6. The maximum atomic E-state index is 13.4. The van der Waals surface area contributed by atoms with E-state index >= 15 is 0 Å². The van der Waals surface area contributed by atoms with E-state index in [0.29, 0.717) is 19.1 Å². The quantitative estimate of drug-likeness (QED) is 0.138. The van der Waals surface area contributed by atoms with E-state index in [1.54, 1.807) is 39.8 Å². The molecule has 0 heterocycles. The summed E-state index contributed by atoms with van der Waals surface area (Å²) < 4.78 is 10.6. The molecule has 0 radical (unpaired) electrons. The zero-order valence-corrected chi connectivity index (χ0v) is 26.7. The number of ether oxygens (including phenoxy) is 2. The lowest BCUT2D eigenvalue weighted by molar-refractivity contribution is -0.155. The van der Waals surface area contributed by atoms with Crippen molar-refractivity contribution in [1.29, 1.82) is 0 Å². The van der Waals surface area contributed by atoms with E-state index < -0.39 is 59.3 Å². The molecule has 0 fully saturated rings. The van der Waals surface area contributed by atoms with Crippen molar-refractivity contribution in [3.8, 4) is 0 Å². The first-order valence-corrected chi connectivity index (χ1v) is 14.9. The van der Waals surface area contributed by atoms with Crippen molar-refractivity contribution in [3.63, 3.8) is 0 Å². The smallest absolute Gasteiger partial charge is 0.408 e. The number of esters is 1. The van der Waals surface area contributed by atoms with E-state index in [0.717, 1.165) is 5.56 Å². The van der Waals surface area contributed by atoms with Gasteiger partial charge in [0.05, 0.1) is 12.0 Å². The molecule has 0 bridgehead atoms. The summed E-state index contributed by atoms with van der Waals surface area (Å²) in [7, 11) is 0. The summed E-state index contributed by atoms with van der Waals surface area (Å²) in [5.41, 5.74) is 0.0280. The Morgan fingerprint density at radius 2 is 1.53 bits per heavy atom. The minimum absolute atomic E-state index is 0.00689. The van der Waals surface area contributed by atoms with Crippen LogP contribution in [-0.2, 0) is 40.1 Å². The predicted molar refractivity (Wildman–Crippen MR) is 162 cm³/mol. The summed E-state index contributed by atoms with van der Waals surface area (Å²) in [6, 6.07) is 5.76. The molecule has 43 heavy (non-hydrogen) atoms. The second kappa shape index (κ2) is 18.0. The van der Waals surface area contributed by atoms with Crippen LogP contribution in [0.1, 0.15) is 86.6 Å². The van der Waals surface area contributed by atoms with E-state index in [4.69, 9.17) is 9.47 Å². The fourth-order valence-corrected chi connectivity index (χ4v) is 4.23. The van der Waals surface area contributed by atoms with E-state index in [2.05, 4.69) is 16.0 Å². The van der Waals surface area contributed by atoms with Gasteiger partial charge in [-0.2, -0.15) is 0 Å². The van der Waals surface area contributed by atoms with Gasteiger partial charge in [0.25, 0.3) is 0 Å². The molecule has 3 N–H and O–H groups in total. The molecule has 1 aromatic carbocycles. The summed E-state index contributed by atoms with van der Waals surface area (Å²) in [6.07, 6.45) is 0.324. The van der Waals surface area contributed by atoms with Crippen LogP contribution in [0, 0.1) is 17.8 Å². The highest BCUT2D eigenvalue weighted by Gasteiger charge is 2.33. The van der Waals surface area contributed by atoms with E-state index in [1.165, 1.54) is 6.92 Å². The maximum absolute atomic E-state index is 13.4. The predicted octanol–water partition coefficient (Wildman–Crippen LogP) is 3.87. The Labute approximate surface area is 255 Å². The molecule has 0 saturated heterocycles. The summed E-state index contributed by atoms with van der Waals surface area (Å²) in [4.78, 5) is 76.2. The Morgan fingerprint density at radius 1 is 0.907 bits per heavy atom. The average Bonchev–Trinajstić information content (AvgIpc) is 2.94. The highest BCUT2D eigenvalue weighted by molar-refractivity contribution is 5.99. The third-order valence-electron chi connectivity index (χ3n) is 6.71. The number of ketones is 1. The molecule has 5 atom stereocenters. The van der Waals surface area contributed by atoms with Crippen molar-refractivity contribution in [2.45, 2.75) is 111 Å². The number of alkyl carbamates (subject to hydrolysis) is 1. The first-order valence-electron chi connectivity index (χ1n) is 14.9. The molecule has 3 amide bonds. The number of hydrogen-bond acceptors (Lipinski definition) is 8. The number of benzene rings is 1. The number of aldehydes is 1. The van der Waals surface area contributed by atoms with Crippen molar-refractivity contribution in [1.82, 2.24) is 16.0 Å². The van der Waals surface area contributed by atoms with Crippen LogP contribution in [0.25, 0.3) is 0 Å². The highest BCUT2D eigenvalue weighted by Crippen LogP contribution is 2.15. The molecule has 0 spiro atoms. The lowest BCUT2D eigenvalue weighted by Crippen LogP contribution is -2.57. The number of nitrogens with one attached hydrogen (secondary N) is 3. The van der Waals surface area contributed by atoms with Crippen LogP contribution in [0.3, 0.4) is 0 Å². The topological polar surface area (TPSA) is 157 Å². The Hall–Kier alpha value is -3.76. The van der Waals surface area contributed by atoms with Gasteiger partial charge in [-0.15, -0.1) is 0 Å². The van der Waals surface area contributed by atoms with Gasteiger partial charge in [-0.1, -0.05) is 64.4 Å². The molecule has 0 aliphatic heterocycles. The maximum Gasteiger partial charge on any atom is 0.408 e. The second-order valence-corrected chi connectivity index (χ2v) is 12.3. The van der Waals surface area contributed by atoms with Gasteiger partial charge >= 0.3 is 12.1 Å². The van der Waals surface area contributed by atoms with Crippen LogP contribution < -0.4 is 16.0 Å². The van der Waals surface area contributed by atoms with Crippen molar-refractivity contribution in [2.75, 3.05) is 0 Å². The fourth-order valence-electron chi connectivity index (χ4n) is 4.23. The number of carbonyl (C=O) groups excluding carboxylic acids is 6. The first kappa shape index (κ1) is 37.3.